The topological polar surface area (TPSA) is 67.2 Å². The summed E-state index contributed by atoms with van der Waals surface area (Å²) in [6, 6.07) is 6.15. The third kappa shape index (κ3) is 3.83. The number of pyridine rings is 1. The first-order valence-corrected chi connectivity index (χ1v) is 12.2. The molecular weight excluding hydrogens is 428 g/mol. The lowest BCUT2D eigenvalue weighted by Gasteiger charge is -2.22. The Morgan fingerprint density at radius 3 is 2.77 bits per heavy atom. The Kier molecular flexibility index (Phi) is 5.45. The predicted octanol–water partition coefficient (Wildman–Crippen LogP) is 4.55. The lowest BCUT2D eigenvalue weighted by molar-refractivity contribution is 0.0769. The van der Waals surface area contributed by atoms with Crippen molar-refractivity contribution in [3.8, 4) is 10.6 Å². The molecule has 1 fully saturated rings. The molecule has 0 bridgehead atoms. The van der Waals surface area contributed by atoms with Crippen molar-refractivity contribution >= 4 is 44.7 Å². The van der Waals surface area contributed by atoms with E-state index < -0.39 is 0 Å². The summed E-state index contributed by atoms with van der Waals surface area (Å²) in [4.78, 5) is 28.3. The van der Waals surface area contributed by atoms with Gasteiger partial charge in [-0.3, -0.25) is 4.79 Å². The highest BCUT2D eigenvalue weighted by Gasteiger charge is 2.25. The van der Waals surface area contributed by atoms with Gasteiger partial charge in [0.1, 0.15) is 0 Å². The molecule has 0 radical (unpaired) electrons. The van der Waals surface area contributed by atoms with Gasteiger partial charge in [-0.15, -0.1) is 22.7 Å². The van der Waals surface area contributed by atoms with Gasteiger partial charge in [-0.2, -0.15) is 5.10 Å². The quantitative estimate of drug-likeness (QED) is 0.454. The molecule has 1 aliphatic rings. The third-order valence-corrected chi connectivity index (χ3v) is 7.26. The Balaban J connectivity index is 1.50. The van der Waals surface area contributed by atoms with E-state index in [1.165, 1.54) is 0 Å². The molecule has 1 amide bonds. The van der Waals surface area contributed by atoms with Gasteiger partial charge in [-0.1, -0.05) is 6.07 Å². The average molecular weight is 453 g/mol. The molecule has 160 valence electrons. The number of thiazole rings is 1. The van der Waals surface area contributed by atoms with Crippen molar-refractivity contribution in [3.63, 3.8) is 0 Å². The molecule has 0 saturated carbocycles. The van der Waals surface area contributed by atoms with Gasteiger partial charge < -0.3 is 9.80 Å². The summed E-state index contributed by atoms with van der Waals surface area (Å²) in [6.45, 7) is 7.27. The SMILES string of the molecule is CC(C)n1ncc2c(C(=O)N3CCCN(c4nccs4)CC3)cc(-c3cccs3)nc21. The molecule has 0 N–H and O–H groups in total. The first kappa shape index (κ1) is 20.1. The van der Waals surface area contributed by atoms with E-state index in [0.29, 0.717) is 12.1 Å². The van der Waals surface area contributed by atoms with E-state index in [-0.39, 0.29) is 11.9 Å². The minimum absolute atomic E-state index is 0.0505. The van der Waals surface area contributed by atoms with E-state index in [2.05, 4.69) is 28.8 Å². The molecule has 1 aliphatic heterocycles. The van der Waals surface area contributed by atoms with Crippen LogP contribution in [-0.4, -0.2) is 56.7 Å². The molecular formula is C22H24N6OS2. The lowest BCUT2D eigenvalue weighted by Crippen LogP contribution is -2.35. The van der Waals surface area contributed by atoms with Gasteiger partial charge >= 0.3 is 0 Å². The number of fused-ring (bicyclic) bond motifs is 1. The van der Waals surface area contributed by atoms with Crippen molar-refractivity contribution < 1.29 is 4.79 Å². The van der Waals surface area contributed by atoms with Crippen LogP contribution in [-0.2, 0) is 0 Å². The number of amides is 1. The minimum atomic E-state index is 0.0505. The summed E-state index contributed by atoms with van der Waals surface area (Å²) < 4.78 is 1.90. The summed E-state index contributed by atoms with van der Waals surface area (Å²) >= 11 is 3.28. The van der Waals surface area contributed by atoms with E-state index in [4.69, 9.17) is 4.98 Å². The largest absolute Gasteiger partial charge is 0.346 e. The summed E-state index contributed by atoms with van der Waals surface area (Å²) in [5, 5.41) is 10.4. The molecule has 0 spiro atoms. The highest BCUT2D eigenvalue weighted by molar-refractivity contribution is 7.13. The van der Waals surface area contributed by atoms with E-state index in [1.54, 1.807) is 28.9 Å². The van der Waals surface area contributed by atoms with Crippen molar-refractivity contribution in [3.05, 3.63) is 46.9 Å². The molecule has 0 aromatic carbocycles. The van der Waals surface area contributed by atoms with Gasteiger partial charge in [0.05, 0.1) is 27.7 Å². The minimum Gasteiger partial charge on any atom is -0.346 e. The lowest BCUT2D eigenvalue weighted by atomic mass is 10.1. The number of nitrogens with zero attached hydrogens (tertiary/aromatic N) is 6. The van der Waals surface area contributed by atoms with E-state index in [0.717, 1.165) is 52.8 Å². The number of carbonyl (C=O) groups excluding carboxylic acids is 1. The van der Waals surface area contributed by atoms with Crippen LogP contribution in [0, 0.1) is 0 Å². The fourth-order valence-electron chi connectivity index (χ4n) is 3.98. The summed E-state index contributed by atoms with van der Waals surface area (Å²) in [7, 11) is 0. The van der Waals surface area contributed by atoms with Gasteiger partial charge in [0.15, 0.2) is 10.8 Å². The summed E-state index contributed by atoms with van der Waals surface area (Å²) in [5.74, 6) is 0.0505. The van der Waals surface area contributed by atoms with E-state index in [1.807, 2.05) is 44.7 Å². The van der Waals surface area contributed by atoms with Crippen LogP contribution in [0.15, 0.2) is 41.4 Å². The van der Waals surface area contributed by atoms with Gasteiger partial charge in [-0.25, -0.2) is 14.6 Å². The Morgan fingerprint density at radius 1 is 1.13 bits per heavy atom. The van der Waals surface area contributed by atoms with E-state index in [9.17, 15) is 4.79 Å². The maximum atomic E-state index is 13.7. The molecule has 0 atom stereocenters. The first-order chi connectivity index (χ1) is 15.1. The molecule has 4 aromatic heterocycles. The van der Waals surface area contributed by atoms with Gasteiger partial charge in [0, 0.05) is 43.8 Å². The predicted molar refractivity (Wildman–Crippen MR) is 126 cm³/mol. The number of hydrogen-bond acceptors (Lipinski definition) is 7. The number of anilines is 1. The van der Waals surface area contributed by atoms with Gasteiger partial charge in [0.2, 0.25) is 0 Å². The second kappa shape index (κ2) is 8.39. The zero-order valence-electron chi connectivity index (χ0n) is 17.6. The van der Waals surface area contributed by atoms with Crippen LogP contribution in [0.4, 0.5) is 5.13 Å². The Hall–Kier alpha value is -2.78. The smallest absolute Gasteiger partial charge is 0.254 e. The molecule has 0 unspecified atom stereocenters. The van der Waals surface area contributed by atoms with Crippen molar-refractivity contribution in [2.24, 2.45) is 0 Å². The number of hydrogen-bond donors (Lipinski definition) is 0. The molecule has 0 aliphatic carbocycles. The highest BCUT2D eigenvalue weighted by atomic mass is 32.1. The van der Waals surface area contributed by atoms with Crippen molar-refractivity contribution in [2.75, 3.05) is 31.1 Å². The molecule has 5 heterocycles. The first-order valence-electron chi connectivity index (χ1n) is 10.5. The number of carbonyl (C=O) groups is 1. The second-order valence-electron chi connectivity index (χ2n) is 7.90. The summed E-state index contributed by atoms with van der Waals surface area (Å²) in [5.41, 5.74) is 2.28. The Labute approximate surface area is 189 Å². The van der Waals surface area contributed by atoms with E-state index >= 15 is 0 Å². The third-order valence-electron chi connectivity index (χ3n) is 5.53. The Morgan fingerprint density at radius 2 is 2.03 bits per heavy atom. The van der Waals surface area contributed by atoms with Crippen molar-refractivity contribution in [2.45, 2.75) is 26.3 Å². The van der Waals surface area contributed by atoms with Crippen LogP contribution in [0.3, 0.4) is 0 Å². The average Bonchev–Trinajstić information content (AvgIpc) is 3.52. The second-order valence-corrected chi connectivity index (χ2v) is 9.72. The van der Waals surface area contributed by atoms with Crippen molar-refractivity contribution in [1.29, 1.82) is 0 Å². The Bertz CT molecular complexity index is 1180. The highest BCUT2D eigenvalue weighted by Crippen LogP contribution is 2.30. The fourth-order valence-corrected chi connectivity index (χ4v) is 5.36. The molecule has 7 nitrogen and oxygen atoms in total. The van der Waals surface area contributed by atoms with Crippen LogP contribution in [0.5, 0.6) is 0 Å². The van der Waals surface area contributed by atoms with Crippen LogP contribution < -0.4 is 4.90 Å². The maximum Gasteiger partial charge on any atom is 0.254 e. The monoisotopic (exact) mass is 452 g/mol. The zero-order valence-corrected chi connectivity index (χ0v) is 19.2. The number of rotatable bonds is 4. The molecule has 31 heavy (non-hydrogen) atoms. The van der Waals surface area contributed by atoms with Crippen LogP contribution in [0.1, 0.15) is 36.7 Å². The molecule has 1 saturated heterocycles. The number of aromatic nitrogens is 4. The van der Waals surface area contributed by atoms with Crippen LogP contribution >= 0.6 is 22.7 Å². The van der Waals surface area contributed by atoms with Gasteiger partial charge in [0.25, 0.3) is 5.91 Å². The molecule has 9 heteroatoms. The maximum absolute atomic E-state index is 13.7. The fraction of sp³-hybridized carbons (Fsp3) is 0.364. The summed E-state index contributed by atoms with van der Waals surface area (Å²) in [6.07, 6.45) is 4.54. The number of thiophene rings is 1. The zero-order chi connectivity index (χ0) is 21.4. The molecule has 5 rings (SSSR count). The normalized spacial score (nSPS) is 15.1. The molecule has 4 aromatic rings. The van der Waals surface area contributed by atoms with Crippen LogP contribution in [0.2, 0.25) is 0 Å². The van der Waals surface area contributed by atoms with Crippen LogP contribution in [0.25, 0.3) is 21.6 Å². The van der Waals surface area contributed by atoms with Crippen molar-refractivity contribution in [1.82, 2.24) is 24.6 Å². The van der Waals surface area contributed by atoms with Gasteiger partial charge in [-0.05, 0) is 37.8 Å². The standard InChI is InChI=1S/C22H24N6OS2/c1-15(2)28-20-17(14-24-28)16(13-18(25-20)19-5-3-11-30-19)21(29)26-7-4-8-27(10-9-26)22-23-6-12-31-22/h3,5-6,11-15H,4,7-10H2,1-2H3.